The first-order valence-electron chi connectivity index (χ1n) is 8.21. The fraction of sp³-hybridized carbons (Fsp3) is 0.278. The summed E-state index contributed by atoms with van der Waals surface area (Å²) in [6.45, 7) is 3.58. The Hall–Kier alpha value is -1.81. The van der Waals surface area contributed by atoms with Gasteiger partial charge in [0.2, 0.25) is 0 Å². The number of pyridine rings is 1. The van der Waals surface area contributed by atoms with E-state index in [1.54, 1.807) is 7.05 Å². The van der Waals surface area contributed by atoms with Gasteiger partial charge in [-0.2, -0.15) is 0 Å². The maximum Gasteiger partial charge on any atom is 0.191 e. The number of aromatic nitrogens is 3. The van der Waals surface area contributed by atoms with Crippen LogP contribution in [0.25, 0.3) is 5.65 Å². The van der Waals surface area contributed by atoms with E-state index in [0.29, 0.717) is 11.8 Å². The van der Waals surface area contributed by atoms with E-state index in [1.165, 1.54) is 4.90 Å². The van der Waals surface area contributed by atoms with Gasteiger partial charge in [-0.1, -0.05) is 31.2 Å². The summed E-state index contributed by atoms with van der Waals surface area (Å²) in [4.78, 5) is 5.55. The van der Waals surface area contributed by atoms with Crippen LogP contribution in [0, 0.1) is 0 Å². The number of benzene rings is 1. The zero-order valence-electron chi connectivity index (χ0n) is 14.8. The number of aliphatic imine (C=N–C) groups is 1. The van der Waals surface area contributed by atoms with Crippen LogP contribution in [0.4, 0.5) is 0 Å². The fourth-order valence-corrected chi connectivity index (χ4v) is 3.35. The molecule has 0 saturated carbocycles. The Morgan fingerprint density at radius 2 is 1.88 bits per heavy atom. The predicted molar refractivity (Wildman–Crippen MR) is 118 cm³/mol. The molecule has 0 aliphatic heterocycles. The van der Waals surface area contributed by atoms with Crippen molar-refractivity contribution in [1.82, 2.24) is 25.2 Å². The lowest BCUT2D eigenvalue weighted by Crippen LogP contribution is -2.39. The van der Waals surface area contributed by atoms with Crippen molar-refractivity contribution in [3.8, 4) is 0 Å². The normalized spacial score (nSPS) is 12.5. The molecule has 138 valence electrons. The highest BCUT2D eigenvalue weighted by molar-refractivity contribution is 14.0. The lowest BCUT2D eigenvalue weighted by atomic mass is 10.4. The Bertz CT molecular complexity index is 836. The van der Waals surface area contributed by atoms with Crippen molar-refractivity contribution in [2.45, 2.75) is 23.6 Å². The van der Waals surface area contributed by atoms with Crippen LogP contribution < -0.4 is 10.6 Å². The van der Waals surface area contributed by atoms with Gasteiger partial charge in [-0.3, -0.25) is 9.39 Å². The first-order chi connectivity index (χ1) is 12.3. The van der Waals surface area contributed by atoms with Gasteiger partial charge in [0.05, 0.1) is 6.54 Å². The van der Waals surface area contributed by atoms with Gasteiger partial charge in [-0.25, -0.2) is 0 Å². The Labute approximate surface area is 174 Å². The predicted octanol–water partition coefficient (Wildman–Crippen LogP) is 3.19. The van der Waals surface area contributed by atoms with Gasteiger partial charge in [0.15, 0.2) is 17.4 Å². The van der Waals surface area contributed by atoms with Crippen LogP contribution in [0.5, 0.6) is 0 Å². The SMILES string of the molecule is CN=C(NCc1nnc2ccccn12)NCC(C)Sc1ccccc1.I. The third kappa shape index (κ3) is 5.60. The van der Waals surface area contributed by atoms with Crippen LogP contribution >= 0.6 is 35.7 Å². The quantitative estimate of drug-likeness (QED) is 0.245. The van der Waals surface area contributed by atoms with Crippen LogP contribution in [-0.2, 0) is 6.54 Å². The van der Waals surface area contributed by atoms with Gasteiger partial charge in [0.1, 0.15) is 0 Å². The number of fused-ring (bicyclic) bond motifs is 1. The van der Waals surface area contributed by atoms with E-state index in [1.807, 2.05) is 46.6 Å². The standard InChI is InChI=1S/C18H22N6S.HI/c1-14(25-15-8-4-3-5-9-15)12-20-18(19-2)21-13-17-23-22-16-10-6-7-11-24(16)17;/h3-11,14H,12-13H2,1-2H3,(H2,19,20,21);1H. The van der Waals surface area contributed by atoms with Crippen molar-refractivity contribution in [2.24, 2.45) is 4.99 Å². The second-order valence-electron chi connectivity index (χ2n) is 5.59. The third-order valence-electron chi connectivity index (χ3n) is 3.66. The first kappa shape index (κ1) is 20.5. The molecular formula is C18H23IN6S. The average molecular weight is 482 g/mol. The second kappa shape index (κ2) is 10.4. The molecule has 0 radical (unpaired) electrons. The van der Waals surface area contributed by atoms with Crippen molar-refractivity contribution in [2.75, 3.05) is 13.6 Å². The summed E-state index contributed by atoms with van der Waals surface area (Å²) >= 11 is 1.84. The molecule has 2 heterocycles. The van der Waals surface area contributed by atoms with Gasteiger partial charge in [-0.05, 0) is 24.3 Å². The molecular weight excluding hydrogens is 459 g/mol. The molecule has 2 N–H and O–H groups in total. The molecule has 0 aliphatic carbocycles. The molecule has 0 aliphatic rings. The second-order valence-corrected chi connectivity index (χ2v) is 7.11. The number of nitrogens with one attached hydrogen (secondary N) is 2. The minimum Gasteiger partial charge on any atom is -0.355 e. The smallest absolute Gasteiger partial charge is 0.191 e. The van der Waals surface area contributed by atoms with Crippen molar-refractivity contribution in [3.63, 3.8) is 0 Å². The summed E-state index contributed by atoms with van der Waals surface area (Å²) in [5.74, 6) is 1.61. The molecule has 0 fully saturated rings. The highest BCUT2D eigenvalue weighted by atomic mass is 127. The van der Waals surface area contributed by atoms with Crippen molar-refractivity contribution >= 4 is 47.3 Å². The zero-order chi connectivity index (χ0) is 17.5. The Morgan fingerprint density at radius 1 is 1.12 bits per heavy atom. The van der Waals surface area contributed by atoms with Crippen molar-refractivity contribution in [1.29, 1.82) is 0 Å². The van der Waals surface area contributed by atoms with Crippen molar-refractivity contribution in [3.05, 3.63) is 60.6 Å². The zero-order valence-corrected chi connectivity index (χ0v) is 17.9. The van der Waals surface area contributed by atoms with Gasteiger partial charge in [0.25, 0.3) is 0 Å². The molecule has 0 amide bonds. The van der Waals surface area contributed by atoms with E-state index < -0.39 is 0 Å². The van der Waals surface area contributed by atoms with E-state index in [-0.39, 0.29) is 24.0 Å². The number of hydrogen-bond donors (Lipinski definition) is 2. The first-order valence-corrected chi connectivity index (χ1v) is 9.09. The molecule has 3 aromatic rings. The topological polar surface area (TPSA) is 66.6 Å². The fourth-order valence-electron chi connectivity index (χ4n) is 2.41. The number of nitrogens with zero attached hydrogens (tertiary/aromatic N) is 4. The van der Waals surface area contributed by atoms with Crippen molar-refractivity contribution < 1.29 is 0 Å². The monoisotopic (exact) mass is 482 g/mol. The number of rotatable bonds is 6. The molecule has 1 aromatic carbocycles. The summed E-state index contributed by atoms with van der Waals surface area (Å²) in [6, 6.07) is 16.3. The molecule has 8 heteroatoms. The van der Waals surface area contributed by atoms with E-state index >= 15 is 0 Å². The molecule has 0 spiro atoms. The van der Waals surface area contributed by atoms with E-state index in [2.05, 4.69) is 57.0 Å². The molecule has 1 unspecified atom stereocenters. The number of hydrogen-bond acceptors (Lipinski definition) is 4. The number of guanidine groups is 1. The third-order valence-corrected chi connectivity index (χ3v) is 4.77. The molecule has 3 rings (SSSR count). The molecule has 0 saturated heterocycles. The van der Waals surface area contributed by atoms with Gasteiger partial charge in [-0.15, -0.1) is 45.9 Å². The van der Waals surface area contributed by atoms with E-state index in [9.17, 15) is 0 Å². The van der Waals surface area contributed by atoms with Crippen LogP contribution in [-0.4, -0.2) is 39.4 Å². The lowest BCUT2D eigenvalue weighted by molar-refractivity contribution is 0.755. The summed E-state index contributed by atoms with van der Waals surface area (Å²) in [5, 5.41) is 15.4. The molecule has 26 heavy (non-hydrogen) atoms. The summed E-state index contributed by atoms with van der Waals surface area (Å²) in [6.07, 6.45) is 1.96. The largest absolute Gasteiger partial charge is 0.355 e. The van der Waals surface area contributed by atoms with Crippen LogP contribution in [0.15, 0.2) is 64.6 Å². The molecule has 0 bridgehead atoms. The summed E-state index contributed by atoms with van der Waals surface area (Å²) < 4.78 is 1.97. The van der Waals surface area contributed by atoms with E-state index in [0.717, 1.165) is 24.0 Å². The Morgan fingerprint density at radius 3 is 2.65 bits per heavy atom. The van der Waals surface area contributed by atoms with Gasteiger partial charge in [0, 0.05) is 29.9 Å². The van der Waals surface area contributed by atoms with Gasteiger partial charge >= 0.3 is 0 Å². The van der Waals surface area contributed by atoms with Crippen LogP contribution in [0.2, 0.25) is 0 Å². The molecule has 6 nitrogen and oxygen atoms in total. The maximum absolute atomic E-state index is 4.27. The highest BCUT2D eigenvalue weighted by Gasteiger charge is 2.08. The summed E-state index contributed by atoms with van der Waals surface area (Å²) in [7, 11) is 1.77. The molecule has 2 aromatic heterocycles. The minimum absolute atomic E-state index is 0. The molecule has 1 atom stereocenters. The maximum atomic E-state index is 4.27. The highest BCUT2D eigenvalue weighted by Crippen LogP contribution is 2.21. The van der Waals surface area contributed by atoms with Crippen LogP contribution in [0.1, 0.15) is 12.7 Å². The van der Waals surface area contributed by atoms with Crippen LogP contribution in [0.3, 0.4) is 0 Å². The number of halogens is 1. The Kier molecular flexibility index (Phi) is 8.17. The van der Waals surface area contributed by atoms with Gasteiger partial charge < -0.3 is 10.6 Å². The Balaban J connectivity index is 0.00000243. The average Bonchev–Trinajstić information content (AvgIpc) is 3.06. The number of thioether (sulfide) groups is 1. The van der Waals surface area contributed by atoms with E-state index in [4.69, 9.17) is 0 Å². The summed E-state index contributed by atoms with van der Waals surface area (Å²) in [5.41, 5.74) is 0.843. The minimum atomic E-state index is 0. The lowest BCUT2D eigenvalue weighted by Gasteiger charge is -2.15.